The van der Waals surface area contributed by atoms with Crippen molar-refractivity contribution in [3.63, 3.8) is 0 Å². The molecular formula is C24H33N3O3S. The Morgan fingerprint density at radius 1 is 1.39 bits per heavy atom. The zero-order valence-electron chi connectivity index (χ0n) is 18.8. The SMILES string of the molecule is CC(C)NC(=O)C[C@@H]1c2nc(-c3cccnc3)sc2C[C@@H]2[C@](C)(CO)[C@H](O)CC[C@]21C. The van der Waals surface area contributed by atoms with Gasteiger partial charge in [-0.15, -0.1) is 11.3 Å². The highest BCUT2D eigenvalue weighted by Gasteiger charge is 2.59. The lowest BCUT2D eigenvalue weighted by Crippen LogP contribution is -2.57. The Morgan fingerprint density at radius 2 is 2.16 bits per heavy atom. The first-order valence-electron chi connectivity index (χ1n) is 11.2. The third-order valence-corrected chi connectivity index (χ3v) is 8.78. The van der Waals surface area contributed by atoms with Crippen molar-refractivity contribution in [3.8, 4) is 10.6 Å². The molecule has 0 bridgehead atoms. The van der Waals surface area contributed by atoms with Crippen LogP contribution in [0.3, 0.4) is 0 Å². The van der Waals surface area contributed by atoms with Gasteiger partial charge in [-0.3, -0.25) is 9.78 Å². The lowest BCUT2D eigenvalue weighted by Gasteiger charge is -2.58. The number of carbonyl (C=O) groups excluding carboxylic acids is 1. The summed E-state index contributed by atoms with van der Waals surface area (Å²) in [5, 5.41) is 25.1. The maximum absolute atomic E-state index is 12.9. The molecule has 2 aromatic rings. The van der Waals surface area contributed by atoms with Gasteiger partial charge in [-0.25, -0.2) is 4.98 Å². The molecule has 1 fully saturated rings. The smallest absolute Gasteiger partial charge is 0.220 e. The summed E-state index contributed by atoms with van der Waals surface area (Å²) in [6.45, 7) is 8.11. The van der Waals surface area contributed by atoms with E-state index < -0.39 is 11.5 Å². The maximum atomic E-state index is 12.9. The topological polar surface area (TPSA) is 95.3 Å². The van der Waals surface area contributed by atoms with Gasteiger partial charge in [0, 0.05) is 46.6 Å². The van der Waals surface area contributed by atoms with Gasteiger partial charge in [0.1, 0.15) is 5.01 Å². The van der Waals surface area contributed by atoms with Gasteiger partial charge in [-0.2, -0.15) is 0 Å². The van der Waals surface area contributed by atoms with Gasteiger partial charge in [0.05, 0.1) is 18.4 Å². The van der Waals surface area contributed by atoms with Gasteiger partial charge in [-0.1, -0.05) is 13.8 Å². The van der Waals surface area contributed by atoms with Gasteiger partial charge in [0.15, 0.2) is 0 Å². The van der Waals surface area contributed by atoms with E-state index in [0.717, 1.165) is 34.0 Å². The Morgan fingerprint density at radius 3 is 2.81 bits per heavy atom. The first-order chi connectivity index (χ1) is 14.7. The van der Waals surface area contributed by atoms with Crippen LogP contribution in [0.1, 0.15) is 63.4 Å². The number of nitrogens with zero attached hydrogens (tertiary/aromatic N) is 2. The number of fused-ring (bicyclic) bond motifs is 2. The number of hydrogen-bond acceptors (Lipinski definition) is 6. The minimum absolute atomic E-state index is 0.0283. The number of aliphatic hydroxyl groups excluding tert-OH is 2. The van der Waals surface area contributed by atoms with Crippen LogP contribution in [0, 0.1) is 16.7 Å². The number of pyridine rings is 1. The third kappa shape index (κ3) is 3.81. The van der Waals surface area contributed by atoms with E-state index in [1.165, 1.54) is 0 Å². The predicted molar refractivity (Wildman–Crippen MR) is 122 cm³/mol. The third-order valence-electron chi connectivity index (χ3n) is 7.64. The summed E-state index contributed by atoms with van der Waals surface area (Å²) in [7, 11) is 0. The van der Waals surface area contributed by atoms with Gasteiger partial charge >= 0.3 is 0 Å². The van der Waals surface area contributed by atoms with Crippen molar-refractivity contribution in [2.45, 2.75) is 71.4 Å². The van der Waals surface area contributed by atoms with Crippen molar-refractivity contribution in [3.05, 3.63) is 35.1 Å². The van der Waals surface area contributed by atoms with Gasteiger partial charge in [-0.05, 0) is 56.6 Å². The van der Waals surface area contributed by atoms with Crippen molar-refractivity contribution in [1.29, 1.82) is 0 Å². The molecule has 7 heteroatoms. The van der Waals surface area contributed by atoms with E-state index in [-0.39, 0.29) is 35.8 Å². The lowest BCUT2D eigenvalue weighted by molar-refractivity contribution is -0.144. The molecule has 0 aliphatic heterocycles. The van der Waals surface area contributed by atoms with Crippen LogP contribution in [-0.4, -0.2) is 44.8 Å². The summed E-state index contributed by atoms with van der Waals surface area (Å²) in [6.07, 6.45) is 5.59. The van der Waals surface area contributed by atoms with Crippen molar-refractivity contribution in [1.82, 2.24) is 15.3 Å². The summed E-state index contributed by atoms with van der Waals surface area (Å²) in [5.74, 6) is 0.0425. The molecule has 1 saturated carbocycles. The molecule has 2 heterocycles. The molecule has 2 aliphatic carbocycles. The number of thiazole rings is 1. The van der Waals surface area contributed by atoms with E-state index in [2.05, 4.69) is 17.2 Å². The second kappa shape index (κ2) is 8.26. The standard InChI is InChI=1S/C24H33N3O3S/c1-14(2)26-20(30)10-16-21-17(31-22(27-21)15-6-5-9-25-12-15)11-18-23(16,3)8-7-19(29)24(18,4)13-28/h5-6,9,12,14,16,18-19,28-29H,7-8,10-11,13H2,1-4H3,(H,26,30)/t16-,18+,19-,23+,24+/m1/s1. The monoisotopic (exact) mass is 443 g/mol. The van der Waals surface area contributed by atoms with Crippen LogP contribution < -0.4 is 5.32 Å². The minimum Gasteiger partial charge on any atom is -0.396 e. The Bertz CT molecular complexity index is 947. The quantitative estimate of drug-likeness (QED) is 0.657. The second-order valence-electron chi connectivity index (χ2n) is 10.0. The van der Waals surface area contributed by atoms with E-state index in [4.69, 9.17) is 4.98 Å². The zero-order chi connectivity index (χ0) is 22.4. The van der Waals surface area contributed by atoms with E-state index in [0.29, 0.717) is 12.8 Å². The highest BCUT2D eigenvalue weighted by atomic mass is 32.1. The number of hydrogen-bond donors (Lipinski definition) is 3. The molecular weight excluding hydrogens is 410 g/mol. The fraction of sp³-hybridized carbons (Fsp3) is 0.625. The van der Waals surface area contributed by atoms with E-state index in [1.54, 1.807) is 17.5 Å². The highest BCUT2D eigenvalue weighted by Crippen LogP contribution is 2.62. The minimum atomic E-state index is -0.601. The molecule has 6 nitrogen and oxygen atoms in total. The fourth-order valence-corrected chi connectivity index (χ4v) is 6.98. The van der Waals surface area contributed by atoms with E-state index in [9.17, 15) is 15.0 Å². The largest absolute Gasteiger partial charge is 0.396 e. The molecule has 4 rings (SSSR count). The van der Waals surface area contributed by atoms with Gasteiger partial charge in [0.2, 0.25) is 5.91 Å². The Balaban J connectivity index is 1.80. The lowest BCUT2D eigenvalue weighted by atomic mass is 9.47. The van der Waals surface area contributed by atoms with Crippen LogP contribution >= 0.6 is 11.3 Å². The average molecular weight is 444 g/mol. The number of amides is 1. The molecule has 0 aromatic carbocycles. The van der Waals surface area contributed by atoms with Gasteiger partial charge in [0.25, 0.3) is 0 Å². The van der Waals surface area contributed by atoms with E-state index in [1.807, 2.05) is 39.1 Å². The summed E-state index contributed by atoms with van der Waals surface area (Å²) >= 11 is 1.65. The van der Waals surface area contributed by atoms with Crippen LogP contribution in [0.15, 0.2) is 24.5 Å². The van der Waals surface area contributed by atoms with Crippen LogP contribution in [-0.2, 0) is 11.2 Å². The molecule has 31 heavy (non-hydrogen) atoms. The number of nitrogens with one attached hydrogen (secondary N) is 1. The van der Waals surface area contributed by atoms with Crippen molar-refractivity contribution < 1.29 is 15.0 Å². The molecule has 5 atom stereocenters. The van der Waals surface area contributed by atoms with Gasteiger partial charge < -0.3 is 15.5 Å². The van der Waals surface area contributed by atoms with Crippen LogP contribution in [0.25, 0.3) is 10.6 Å². The number of carbonyl (C=O) groups is 1. The zero-order valence-corrected chi connectivity index (χ0v) is 19.6. The van der Waals surface area contributed by atoms with Crippen LogP contribution in [0.4, 0.5) is 0 Å². The second-order valence-corrected chi connectivity index (χ2v) is 11.1. The first-order valence-corrected chi connectivity index (χ1v) is 12.0. The maximum Gasteiger partial charge on any atom is 0.220 e. The van der Waals surface area contributed by atoms with E-state index >= 15 is 0 Å². The average Bonchev–Trinajstić information content (AvgIpc) is 3.16. The molecule has 2 aromatic heterocycles. The normalized spacial score (nSPS) is 32.4. The summed E-state index contributed by atoms with van der Waals surface area (Å²) in [5.41, 5.74) is 1.16. The summed E-state index contributed by atoms with van der Waals surface area (Å²) in [6, 6.07) is 3.99. The number of aliphatic hydroxyl groups is 2. The molecule has 2 aliphatic rings. The summed E-state index contributed by atoms with van der Waals surface area (Å²) in [4.78, 5) is 23.3. The Kier molecular flexibility index (Phi) is 5.96. The molecule has 0 saturated heterocycles. The van der Waals surface area contributed by atoms with Crippen LogP contribution in [0.5, 0.6) is 0 Å². The highest BCUT2D eigenvalue weighted by molar-refractivity contribution is 7.15. The Hall–Kier alpha value is -1.83. The molecule has 0 spiro atoms. The molecule has 3 N–H and O–H groups in total. The van der Waals surface area contributed by atoms with Crippen molar-refractivity contribution in [2.24, 2.45) is 16.7 Å². The van der Waals surface area contributed by atoms with Crippen molar-refractivity contribution in [2.75, 3.05) is 6.61 Å². The van der Waals surface area contributed by atoms with Crippen LogP contribution in [0.2, 0.25) is 0 Å². The fourth-order valence-electron chi connectivity index (χ4n) is 5.82. The van der Waals surface area contributed by atoms with Crippen molar-refractivity contribution >= 4 is 17.2 Å². The molecule has 168 valence electrons. The summed E-state index contributed by atoms with van der Waals surface area (Å²) < 4.78 is 0. The molecule has 0 unspecified atom stereocenters. The number of rotatable bonds is 5. The predicted octanol–water partition coefficient (Wildman–Crippen LogP) is 3.54. The number of aromatic nitrogens is 2. The first kappa shape index (κ1) is 22.4. The molecule has 1 amide bonds. The Labute approximate surface area is 188 Å². The molecule has 0 radical (unpaired) electrons.